The summed E-state index contributed by atoms with van der Waals surface area (Å²) < 4.78 is 0. The minimum absolute atomic E-state index is 0.0821. The number of anilines is 1. The average Bonchev–Trinajstić information content (AvgIpc) is 3.26. The highest BCUT2D eigenvalue weighted by atomic mass is 32.1. The van der Waals surface area contributed by atoms with Gasteiger partial charge in [-0.2, -0.15) is 0 Å². The highest BCUT2D eigenvalue weighted by Crippen LogP contribution is 2.60. The summed E-state index contributed by atoms with van der Waals surface area (Å²) in [5.41, 5.74) is 1.37. The second kappa shape index (κ2) is 4.78. The van der Waals surface area contributed by atoms with Crippen LogP contribution in [0.1, 0.15) is 43.3 Å². The molecule has 0 radical (unpaired) electrons. The number of nitrogens with zero attached hydrogens (tertiary/aromatic N) is 1. The van der Waals surface area contributed by atoms with Crippen LogP contribution < -0.4 is 10.6 Å². The van der Waals surface area contributed by atoms with Crippen LogP contribution in [0.3, 0.4) is 0 Å². The molecule has 0 spiro atoms. The molecule has 19 heavy (non-hydrogen) atoms. The van der Waals surface area contributed by atoms with Crippen LogP contribution in [0.2, 0.25) is 0 Å². The van der Waals surface area contributed by atoms with Crippen molar-refractivity contribution < 1.29 is 4.79 Å². The predicted octanol–water partition coefficient (Wildman–Crippen LogP) is 3.33. The van der Waals surface area contributed by atoms with E-state index in [1.165, 1.54) is 25.7 Å². The van der Waals surface area contributed by atoms with Crippen molar-refractivity contribution in [1.82, 2.24) is 10.3 Å². The Labute approximate surface area is 118 Å². The van der Waals surface area contributed by atoms with E-state index < -0.39 is 0 Å². The van der Waals surface area contributed by atoms with Gasteiger partial charge < -0.3 is 5.32 Å². The predicted molar refractivity (Wildman–Crippen MR) is 77.6 cm³/mol. The first-order valence-corrected chi connectivity index (χ1v) is 7.96. The Hall–Kier alpha value is -1.10. The van der Waals surface area contributed by atoms with Crippen LogP contribution in [0.5, 0.6) is 0 Å². The van der Waals surface area contributed by atoms with E-state index in [9.17, 15) is 4.79 Å². The molecule has 2 N–H and O–H groups in total. The van der Waals surface area contributed by atoms with Gasteiger partial charge >= 0.3 is 6.03 Å². The summed E-state index contributed by atoms with van der Waals surface area (Å²) in [7, 11) is 0. The fourth-order valence-corrected chi connectivity index (χ4v) is 3.61. The molecule has 2 amide bonds. The van der Waals surface area contributed by atoms with Crippen molar-refractivity contribution in [2.75, 3.05) is 11.9 Å². The Morgan fingerprint density at radius 1 is 1.47 bits per heavy atom. The zero-order chi connectivity index (χ0) is 13.5. The molecular formula is C14H21N3OS. The summed E-state index contributed by atoms with van der Waals surface area (Å²) in [6.45, 7) is 4.86. The van der Waals surface area contributed by atoms with E-state index in [-0.39, 0.29) is 6.03 Å². The third-order valence-electron chi connectivity index (χ3n) is 4.31. The number of hydrogen-bond acceptors (Lipinski definition) is 3. The number of amides is 2. The Morgan fingerprint density at radius 3 is 2.74 bits per heavy atom. The third-order valence-corrected chi connectivity index (χ3v) is 5.52. The van der Waals surface area contributed by atoms with Crippen LogP contribution in [-0.4, -0.2) is 17.6 Å². The van der Waals surface area contributed by atoms with Crippen LogP contribution >= 0.6 is 11.3 Å². The van der Waals surface area contributed by atoms with Gasteiger partial charge in [0.2, 0.25) is 0 Å². The first kappa shape index (κ1) is 12.9. The minimum atomic E-state index is -0.0821. The molecule has 1 heterocycles. The topological polar surface area (TPSA) is 54.0 Å². The maximum absolute atomic E-state index is 11.9. The van der Waals surface area contributed by atoms with Gasteiger partial charge in [-0.1, -0.05) is 6.92 Å². The van der Waals surface area contributed by atoms with E-state index in [0.29, 0.717) is 5.41 Å². The Morgan fingerprint density at radius 2 is 2.21 bits per heavy atom. The largest absolute Gasteiger partial charge is 0.337 e. The molecule has 2 fully saturated rings. The SMILES string of the molecule is CCc1nc(C)c(NC(=O)NCC2(C3CC3)CC2)s1. The van der Waals surface area contributed by atoms with Gasteiger partial charge in [-0.3, -0.25) is 5.32 Å². The van der Waals surface area contributed by atoms with Gasteiger partial charge in [0, 0.05) is 6.54 Å². The van der Waals surface area contributed by atoms with Crippen LogP contribution in [0.25, 0.3) is 0 Å². The molecule has 2 saturated carbocycles. The van der Waals surface area contributed by atoms with E-state index in [4.69, 9.17) is 0 Å². The molecule has 0 bridgehead atoms. The van der Waals surface area contributed by atoms with Crippen molar-refractivity contribution in [3.05, 3.63) is 10.7 Å². The molecule has 0 aliphatic heterocycles. The maximum atomic E-state index is 11.9. The highest BCUT2D eigenvalue weighted by Gasteiger charge is 2.53. The molecule has 1 aromatic rings. The Kier molecular flexibility index (Phi) is 3.25. The molecule has 2 aliphatic carbocycles. The lowest BCUT2D eigenvalue weighted by Crippen LogP contribution is -2.34. The summed E-state index contributed by atoms with van der Waals surface area (Å²) in [5, 5.41) is 7.92. The van der Waals surface area contributed by atoms with Crippen molar-refractivity contribution in [2.45, 2.75) is 46.0 Å². The summed E-state index contributed by atoms with van der Waals surface area (Å²) in [6.07, 6.45) is 6.21. The standard InChI is InChI=1S/C14H21N3OS/c1-3-11-16-9(2)12(19-11)17-13(18)15-8-14(6-7-14)10-4-5-10/h10H,3-8H2,1-2H3,(H2,15,17,18). The van der Waals surface area contributed by atoms with Gasteiger partial charge in [-0.15, -0.1) is 11.3 Å². The monoisotopic (exact) mass is 279 g/mol. The number of thiazole rings is 1. The number of rotatable bonds is 5. The van der Waals surface area contributed by atoms with Gasteiger partial charge in [0.05, 0.1) is 10.7 Å². The molecule has 5 heteroatoms. The maximum Gasteiger partial charge on any atom is 0.319 e. The summed E-state index contributed by atoms with van der Waals surface area (Å²) in [4.78, 5) is 16.4. The van der Waals surface area contributed by atoms with E-state index in [2.05, 4.69) is 22.5 Å². The number of urea groups is 1. The normalized spacial score (nSPS) is 20.1. The van der Waals surface area contributed by atoms with Crippen LogP contribution in [0.15, 0.2) is 0 Å². The zero-order valence-corrected chi connectivity index (χ0v) is 12.4. The fraction of sp³-hybridized carbons (Fsp3) is 0.714. The van der Waals surface area contributed by atoms with Crippen LogP contribution in [-0.2, 0) is 6.42 Å². The van der Waals surface area contributed by atoms with E-state index >= 15 is 0 Å². The van der Waals surface area contributed by atoms with Gasteiger partial charge in [-0.05, 0) is 50.4 Å². The quantitative estimate of drug-likeness (QED) is 0.868. The molecule has 4 nitrogen and oxygen atoms in total. The third kappa shape index (κ3) is 2.76. The number of carbonyl (C=O) groups is 1. The summed E-state index contributed by atoms with van der Waals surface area (Å²) in [5.74, 6) is 0.879. The first-order chi connectivity index (χ1) is 9.13. The van der Waals surface area contributed by atoms with Gasteiger partial charge in [0.25, 0.3) is 0 Å². The van der Waals surface area contributed by atoms with E-state index in [0.717, 1.165) is 34.6 Å². The first-order valence-electron chi connectivity index (χ1n) is 7.14. The zero-order valence-electron chi connectivity index (χ0n) is 11.6. The smallest absolute Gasteiger partial charge is 0.319 e. The number of hydrogen-bond donors (Lipinski definition) is 2. The van der Waals surface area contributed by atoms with Crippen molar-refractivity contribution >= 4 is 22.4 Å². The molecule has 2 aliphatic rings. The van der Waals surface area contributed by atoms with Crippen molar-refractivity contribution in [3.63, 3.8) is 0 Å². The van der Waals surface area contributed by atoms with E-state index in [1.807, 2.05) is 6.92 Å². The number of carbonyl (C=O) groups excluding carboxylic acids is 1. The molecular weight excluding hydrogens is 258 g/mol. The Bertz CT molecular complexity index is 489. The molecule has 0 unspecified atom stereocenters. The molecule has 104 valence electrons. The second-order valence-corrected chi connectivity index (χ2v) is 6.90. The molecule has 3 rings (SSSR count). The number of aromatic nitrogens is 1. The fourth-order valence-electron chi connectivity index (χ4n) is 2.71. The summed E-state index contributed by atoms with van der Waals surface area (Å²) in [6, 6.07) is -0.0821. The van der Waals surface area contributed by atoms with Crippen molar-refractivity contribution in [2.24, 2.45) is 11.3 Å². The molecule has 0 saturated heterocycles. The molecule has 0 atom stereocenters. The minimum Gasteiger partial charge on any atom is -0.337 e. The average molecular weight is 279 g/mol. The number of nitrogens with one attached hydrogen (secondary N) is 2. The lowest BCUT2D eigenvalue weighted by molar-refractivity contribution is 0.248. The molecule has 0 aromatic carbocycles. The van der Waals surface area contributed by atoms with Crippen molar-refractivity contribution in [1.29, 1.82) is 0 Å². The number of aryl methyl sites for hydroxylation is 2. The van der Waals surface area contributed by atoms with Gasteiger partial charge in [-0.25, -0.2) is 9.78 Å². The van der Waals surface area contributed by atoms with Gasteiger partial charge in [0.15, 0.2) is 0 Å². The lowest BCUT2D eigenvalue weighted by atomic mass is 10.0. The molecule has 1 aromatic heterocycles. The summed E-state index contributed by atoms with van der Waals surface area (Å²) >= 11 is 1.57. The highest BCUT2D eigenvalue weighted by molar-refractivity contribution is 7.16. The lowest BCUT2D eigenvalue weighted by Gasteiger charge is -2.15. The van der Waals surface area contributed by atoms with Gasteiger partial charge in [0.1, 0.15) is 5.00 Å². The van der Waals surface area contributed by atoms with E-state index in [1.54, 1.807) is 11.3 Å². The van der Waals surface area contributed by atoms with Crippen LogP contribution in [0.4, 0.5) is 9.80 Å². The second-order valence-electron chi connectivity index (χ2n) is 5.82. The Balaban J connectivity index is 1.51. The van der Waals surface area contributed by atoms with Crippen molar-refractivity contribution in [3.8, 4) is 0 Å². The van der Waals surface area contributed by atoms with Crippen LogP contribution in [0, 0.1) is 18.3 Å².